The highest BCUT2D eigenvalue weighted by molar-refractivity contribution is 5.97. The Bertz CT molecular complexity index is 699. The topological polar surface area (TPSA) is 49.8 Å². The van der Waals surface area contributed by atoms with Gasteiger partial charge in [-0.25, -0.2) is 4.98 Å². The largest absolute Gasteiger partial charge is 0.478 e. The van der Waals surface area contributed by atoms with Gasteiger partial charge in [-0.05, 0) is 31.0 Å². The van der Waals surface area contributed by atoms with Gasteiger partial charge in [0.25, 0.3) is 0 Å². The van der Waals surface area contributed by atoms with Gasteiger partial charge in [-0.1, -0.05) is 24.3 Å². The lowest BCUT2D eigenvalue weighted by Gasteiger charge is -2.22. The van der Waals surface area contributed by atoms with Crippen LogP contribution < -0.4 is 15.0 Å². The normalized spacial score (nSPS) is 13.8. The smallest absolute Gasteiger partial charge is 0.218 e. The minimum Gasteiger partial charge on any atom is -0.478 e. The number of hydrogen-bond acceptors (Lipinski definition) is 3. The Morgan fingerprint density at radius 1 is 1.30 bits per heavy atom. The van der Waals surface area contributed by atoms with Crippen LogP contribution in [0, 0.1) is 0 Å². The van der Waals surface area contributed by atoms with E-state index >= 15 is 0 Å². The molecule has 0 bridgehead atoms. The van der Waals surface area contributed by atoms with E-state index in [0.717, 1.165) is 24.5 Å². The maximum Gasteiger partial charge on any atom is 0.218 e. The number of ether oxygens (including phenoxy) is 1. The van der Waals surface area contributed by atoms with Crippen LogP contribution in [0.3, 0.4) is 0 Å². The lowest BCUT2D eigenvalue weighted by molar-refractivity contribution is 0.322. The van der Waals surface area contributed by atoms with E-state index in [1.807, 2.05) is 26.1 Å². The van der Waals surface area contributed by atoms with E-state index in [9.17, 15) is 0 Å². The molecule has 5 heteroatoms. The summed E-state index contributed by atoms with van der Waals surface area (Å²) in [6.45, 7) is 4.16. The predicted octanol–water partition coefficient (Wildman–Crippen LogP) is 2.62. The van der Waals surface area contributed by atoms with Crippen LogP contribution in [0.4, 0.5) is 5.69 Å². The fourth-order valence-electron chi connectivity index (χ4n) is 2.85. The molecule has 0 saturated heterocycles. The van der Waals surface area contributed by atoms with E-state index in [4.69, 9.17) is 4.74 Å². The molecule has 5 nitrogen and oxygen atoms in total. The molecule has 2 aromatic rings. The van der Waals surface area contributed by atoms with Crippen LogP contribution in [0.2, 0.25) is 0 Å². The molecular weight excluding hydrogens is 288 g/mol. The Labute approximate surface area is 137 Å². The Balaban J connectivity index is 1.73. The quantitative estimate of drug-likeness (QED) is 0.697. The summed E-state index contributed by atoms with van der Waals surface area (Å²) in [4.78, 5) is 10.9. The molecule has 0 unspecified atom stereocenters. The van der Waals surface area contributed by atoms with Crippen LogP contribution in [-0.4, -0.2) is 31.1 Å². The van der Waals surface area contributed by atoms with Gasteiger partial charge in [0, 0.05) is 37.6 Å². The van der Waals surface area contributed by atoms with Gasteiger partial charge in [0.1, 0.15) is 0 Å². The Morgan fingerprint density at radius 3 is 3.00 bits per heavy atom. The minimum atomic E-state index is 0.609. The third-order valence-electron chi connectivity index (χ3n) is 3.92. The van der Waals surface area contributed by atoms with Crippen molar-refractivity contribution in [2.75, 3.05) is 25.1 Å². The third kappa shape index (κ3) is 3.28. The summed E-state index contributed by atoms with van der Waals surface area (Å²) in [5, 5.41) is 3.42. The average Bonchev–Trinajstić information content (AvgIpc) is 3.01. The second kappa shape index (κ2) is 7.13. The molecule has 0 radical (unpaired) electrons. The van der Waals surface area contributed by atoms with Crippen molar-refractivity contribution >= 4 is 11.6 Å². The van der Waals surface area contributed by atoms with Crippen molar-refractivity contribution in [3.8, 4) is 5.88 Å². The van der Waals surface area contributed by atoms with Crippen LogP contribution in [0.25, 0.3) is 0 Å². The fraction of sp³-hybridized carbons (Fsp3) is 0.333. The molecule has 23 heavy (non-hydrogen) atoms. The van der Waals surface area contributed by atoms with Crippen molar-refractivity contribution in [2.24, 2.45) is 4.99 Å². The summed E-state index contributed by atoms with van der Waals surface area (Å²) in [5.74, 6) is 1.56. The molecule has 0 fully saturated rings. The molecule has 0 spiro atoms. The number of nitrogens with one attached hydrogen (secondary N) is 1. The average molecular weight is 310 g/mol. The van der Waals surface area contributed by atoms with E-state index < -0.39 is 0 Å². The number of para-hydroxylation sites is 1. The van der Waals surface area contributed by atoms with Crippen molar-refractivity contribution in [3.05, 3.63) is 53.7 Å². The van der Waals surface area contributed by atoms with Gasteiger partial charge in [-0.15, -0.1) is 0 Å². The number of nitrogens with zero attached hydrogens (tertiary/aromatic N) is 3. The monoisotopic (exact) mass is 310 g/mol. The zero-order chi connectivity index (χ0) is 16.1. The number of hydrogen-bond donors (Lipinski definition) is 1. The number of aromatic nitrogens is 1. The summed E-state index contributed by atoms with van der Waals surface area (Å²) in [6, 6.07) is 12.4. The SMILES string of the molecule is CCOc1ncccc1CNC(=NC)N1CCc2ccccc21. The number of aliphatic imine (C=N–C) groups is 1. The maximum atomic E-state index is 5.58. The molecule has 1 N–H and O–H groups in total. The van der Waals surface area contributed by atoms with Gasteiger partial charge < -0.3 is 15.0 Å². The van der Waals surface area contributed by atoms with E-state index in [0.29, 0.717) is 19.0 Å². The van der Waals surface area contributed by atoms with Gasteiger partial charge >= 0.3 is 0 Å². The summed E-state index contributed by atoms with van der Waals surface area (Å²) < 4.78 is 5.58. The highest BCUT2D eigenvalue weighted by Crippen LogP contribution is 2.27. The highest BCUT2D eigenvalue weighted by Gasteiger charge is 2.22. The number of guanidine groups is 1. The first-order chi connectivity index (χ1) is 11.3. The Kier molecular flexibility index (Phi) is 4.76. The molecule has 0 amide bonds. The zero-order valence-electron chi connectivity index (χ0n) is 13.6. The molecular formula is C18H22N4O. The Morgan fingerprint density at radius 2 is 2.17 bits per heavy atom. The number of rotatable bonds is 4. The fourth-order valence-corrected chi connectivity index (χ4v) is 2.85. The van der Waals surface area contributed by atoms with Gasteiger partial charge in [0.2, 0.25) is 5.88 Å². The first kappa shape index (κ1) is 15.3. The number of anilines is 1. The first-order valence-corrected chi connectivity index (χ1v) is 7.96. The molecule has 0 saturated carbocycles. The second-order valence-electron chi connectivity index (χ2n) is 5.33. The molecule has 0 atom stereocenters. The second-order valence-corrected chi connectivity index (χ2v) is 5.33. The molecule has 1 aromatic carbocycles. The van der Waals surface area contributed by atoms with Crippen molar-refractivity contribution < 1.29 is 4.74 Å². The zero-order valence-corrected chi connectivity index (χ0v) is 13.6. The van der Waals surface area contributed by atoms with Crippen LogP contribution in [0.15, 0.2) is 47.6 Å². The molecule has 2 heterocycles. The minimum absolute atomic E-state index is 0.609. The van der Waals surface area contributed by atoms with E-state index in [1.54, 1.807) is 6.20 Å². The van der Waals surface area contributed by atoms with Gasteiger partial charge in [-0.2, -0.15) is 0 Å². The van der Waals surface area contributed by atoms with Crippen molar-refractivity contribution in [1.29, 1.82) is 0 Å². The standard InChI is InChI=1S/C18H22N4O/c1-3-23-17-15(8-6-11-20-17)13-21-18(19-2)22-12-10-14-7-4-5-9-16(14)22/h4-9,11H,3,10,12-13H2,1-2H3,(H,19,21). The van der Waals surface area contributed by atoms with Crippen molar-refractivity contribution in [2.45, 2.75) is 19.9 Å². The van der Waals surface area contributed by atoms with Crippen LogP contribution in [0.5, 0.6) is 5.88 Å². The lowest BCUT2D eigenvalue weighted by atomic mass is 10.2. The Hall–Kier alpha value is -2.56. The molecule has 1 aliphatic heterocycles. The van der Waals surface area contributed by atoms with Gasteiger partial charge in [0.05, 0.1) is 6.61 Å². The molecule has 0 aliphatic carbocycles. The molecule has 1 aliphatic rings. The lowest BCUT2D eigenvalue weighted by Crippen LogP contribution is -2.40. The van der Waals surface area contributed by atoms with Gasteiger partial charge in [0.15, 0.2) is 5.96 Å². The van der Waals surface area contributed by atoms with Crippen LogP contribution in [-0.2, 0) is 13.0 Å². The highest BCUT2D eigenvalue weighted by atomic mass is 16.5. The molecule has 120 valence electrons. The van der Waals surface area contributed by atoms with Crippen LogP contribution in [0.1, 0.15) is 18.1 Å². The third-order valence-corrected chi connectivity index (χ3v) is 3.92. The predicted molar refractivity (Wildman–Crippen MR) is 93.1 cm³/mol. The van der Waals surface area contributed by atoms with E-state index in [-0.39, 0.29) is 0 Å². The summed E-state index contributed by atoms with van der Waals surface area (Å²) in [5.41, 5.74) is 3.63. The van der Waals surface area contributed by atoms with E-state index in [1.165, 1.54) is 11.3 Å². The maximum absolute atomic E-state index is 5.58. The van der Waals surface area contributed by atoms with E-state index in [2.05, 4.69) is 44.5 Å². The summed E-state index contributed by atoms with van der Waals surface area (Å²) in [6.07, 6.45) is 2.80. The van der Waals surface area contributed by atoms with Gasteiger partial charge in [-0.3, -0.25) is 4.99 Å². The van der Waals surface area contributed by atoms with Crippen molar-refractivity contribution in [1.82, 2.24) is 10.3 Å². The number of pyridine rings is 1. The molecule has 3 rings (SSSR count). The summed E-state index contributed by atoms with van der Waals surface area (Å²) in [7, 11) is 1.82. The van der Waals surface area contributed by atoms with Crippen LogP contribution >= 0.6 is 0 Å². The number of fused-ring (bicyclic) bond motifs is 1. The number of benzene rings is 1. The first-order valence-electron chi connectivity index (χ1n) is 7.96. The molecule has 1 aromatic heterocycles. The van der Waals surface area contributed by atoms with Crippen molar-refractivity contribution in [3.63, 3.8) is 0 Å². The summed E-state index contributed by atoms with van der Waals surface area (Å²) >= 11 is 0.